The van der Waals surface area contributed by atoms with Gasteiger partial charge in [0, 0.05) is 12.8 Å². The molecule has 87 heavy (non-hydrogen) atoms. The van der Waals surface area contributed by atoms with Crippen LogP contribution in [0.4, 0.5) is 0 Å². The molecular formula is C77H153NO8P+. The molecule has 0 aliphatic rings. The van der Waals surface area contributed by atoms with Crippen molar-refractivity contribution < 1.29 is 42.1 Å². The first-order chi connectivity index (χ1) is 42.5. The summed E-state index contributed by atoms with van der Waals surface area (Å²) in [6.07, 6.45) is 86.5. The molecule has 0 saturated heterocycles. The minimum atomic E-state index is -4.39. The van der Waals surface area contributed by atoms with Crippen LogP contribution < -0.4 is 0 Å². The van der Waals surface area contributed by atoms with Gasteiger partial charge >= 0.3 is 19.8 Å². The Kier molecular flexibility index (Phi) is 68.1. The smallest absolute Gasteiger partial charge is 0.462 e. The molecule has 0 aliphatic carbocycles. The van der Waals surface area contributed by atoms with Crippen LogP contribution in [0.3, 0.4) is 0 Å². The molecule has 1 N–H and O–H groups in total. The Labute approximate surface area is 543 Å². The number of allylic oxidation sites excluding steroid dienone is 2. The fraction of sp³-hybridized carbons (Fsp3) is 0.948. The first kappa shape index (κ1) is 85.8. The zero-order valence-corrected chi connectivity index (χ0v) is 60.2. The number of likely N-dealkylation sites (N-methyl/N-ethyl adjacent to an activating group) is 1. The van der Waals surface area contributed by atoms with E-state index in [1.54, 1.807) is 0 Å². The molecule has 0 fully saturated rings. The standard InChI is InChI=1S/C77H152NO8P/c1-6-8-10-12-14-16-18-20-22-24-26-28-30-31-32-33-34-35-36-37-38-39-40-41-42-43-44-45-46-48-49-51-53-55-57-59-61-63-65-67-69-76(79)83-73-75(74-85-87(81,82)84-72-71-78(3,4)5)86-77(80)70-68-66-64-62-60-58-56-54-52-50-47-29-27-25-23-21-19-17-15-13-11-9-7-2/h25,27,75H,6-24,26,28-74H2,1-5H3/p+1/b27-25-. The first-order valence-electron chi connectivity index (χ1n) is 38.9. The number of phosphoric ester groups is 1. The van der Waals surface area contributed by atoms with Crippen molar-refractivity contribution >= 4 is 19.8 Å². The number of nitrogens with zero attached hydrogens (tertiary/aromatic N) is 1. The number of quaternary nitrogens is 1. The average Bonchev–Trinajstić information content (AvgIpc) is 3.68. The molecular weight excluding hydrogens is 1100 g/mol. The van der Waals surface area contributed by atoms with Crippen molar-refractivity contribution in [1.29, 1.82) is 0 Å². The van der Waals surface area contributed by atoms with Crippen LogP contribution in [-0.4, -0.2) is 74.9 Å². The number of esters is 2. The van der Waals surface area contributed by atoms with Crippen LogP contribution in [0.1, 0.15) is 418 Å². The number of hydrogen-bond donors (Lipinski definition) is 1. The van der Waals surface area contributed by atoms with Crippen molar-refractivity contribution in [2.45, 2.75) is 424 Å². The van der Waals surface area contributed by atoms with Crippen molar-refractivity contribution in [2.75, 3.05) is 47.5 Å². The highest BCUT2D eigenvalue weighted by Crippen LogP contribution is 2.43. The van der Waals surface area contributed by atoms with E-state index in [1.807, 2.05) is 21.1 Å². The lowest BCUT2D eigenvalue weighted by Crippen LogP contribution is -2.37. The third kappa shape index (κ3) is 73.7. The Balaban J connectivity index is 3.85. The van der Waals surface area contributed by atoms with E-state index in [-0.39, 0.29) is 25.6 Å². The number of unbranched alkanes of at least 4 members (excludes halogenated alkanes) is 58. The van der Waals surface area contributed by atoms with Gasteiger partial charge in [0.05, 0.1) is 27.7 Å². The molecule has 0 aliphatic heterocycles. The summed E-state index contributed by atoms with van der Waals surface area (Å²) >= 11 is 0. The van der Waals surface area contributed by atoms with Crippen LogP contribution in [0.5, 0.6) is 0 Å². The highest BCUT2D eigenvalue weighted by atomic mass is 31.2. The number of hydrogen-bond acceptors (Lipinski definition) is 7. The van der Waals surface area contributed by atoms with E-state index in [0.717, 1.165) is 32.1 Å². The summed E-state index contributed by atoms with van der Waals surface area (Å²) in [5, 5.41) is 0. The molecule has 2 unspecified atom stereocenters. The summed E-state index contributed by atoms with van der Waals surface area (Å²) in [5.41, 5.74) is 0. The minimum absolute atomic E-state index is 0.0358. The van der Waals surface area contributed by atoms with Crippen molar-refractivity contribution in [1.82, 2.24) is 0 Å². The minimum Gasteiger partial charge on any atom is -0.462 e. The lowest BCUT2D eigenvalue weighted by atomic mass is 10.0. The quantitative estimate of drug-likeness (QED) is 0.0211. The monoisotopic (exact) mass is 1250 g/mol. The molecule has 9 nitrogen and oxygen atoms in total. The molecule has 0 rings (SSSR count). The van der Waals surface area contributed by atoms with E-state index in [2.05, 4.69) is 26.0 Å². The maximum Gasteiger partial charge on any atom is 0.472 e. The second-order valence-corrected chi connectivity index (χ2v) is 29.6. The van der Waals surface area contributed by atoms with E-state index in [0.29, 0.717) is 23.9 Å². The van der Waals surface area contributed by atoms with Crippen molar-refractivity contribution in [3.05, 3.63) is 12.2 Å². The highest BCUT2D eigenvalue weighted by Gasteiger charge is 2.27. The molecule has 10 heteroatoms. The van der Waals surface area contributed by atoms with Gasteiger partial charge in [0.15, 0.2) is 6.10 Å². The highest BCUT2D eigenvalue weighted by molar-refractivity contribution is 7.47. The number of rotatable bonds is 74. The van der Waals surface area contributed by atoms with E-state index < -0.39 is 26.5 Å². The third-order valence-electron chi connectivity index (χ3n) is 18.0. The Morgan fingerprint density at radius 1 is 0.345 bits per heavy atom. The molecule has 0 bridgehead atoms. The summed E-state index contributed by atoms with van der Waals surface area (Å²) < 4.78 is 34.8. The van der Waals surface area contributed by atoms with Crippen LogP contribution in [0.2, 0.25) is 0 Å². The number of carbonyl (C=O) groups is 2. The van der Waals surface area contributed by atoms with Gasteiger partial charge in [-0.1, -0.05) is 379 Å². The van der Waals surface area contributed by atoms with Gasteiger partial charge < -0.3 is 18.9 Å². The van der Waals surface area contributed by atoms with Gasteiger partial charge in [-0.25, -0.2) is 4.57 Å². The maximum atomic E-state index is 12.9. The van der Waals surface area contributed by atoms with Crippen LogP contribution in [0.15, 0.2) is 12.2 Å². The molecule has 0 aromatic heterocycles. The SMILES string of the molecule is CCCCCCCCCC/C=C\CCCCCCCCCCCCCC(=O)OC(COC(=O)CCCCCCCCCCCCCCCCCCCCCCCCCCCCCCCCCCCCCCCCCC)COP(=O)(O)OCC[N+](C)(C)C. The molecule has 0 aromatic rings. The lowest BCUT2D eigenvalue weighted by Gasteiger charge is -2.24. The van der Waals surface area contributed by atoms with Gasteiger partial charge in [-0.05, 0) is 38.5 Å². The zero-order valence-electron chi connectivity index (χ0n) is 59.3. The van der Waals surface area contributed by atoms with E-state index in [1.165, 1.54) is 353 Å². The van der Waals surface area contributed by atoms with E-state index in [9.17, 15) is 19.0 Å². The van der Waals surface area contributed by atoms with Gasteiger partial charge in [-0.15, -0.1) is 0 Å². The Morgan fingerprint density at radius 2 is 0.586 bits per heavy atom. The summed E-state index contributed by atoms with van der Waals surface area (Å²) in [4.78, 5) is 35.9. The van der Waals surface area contributed by atoms with Gasteiger partial charge in [0.25, 0.3) is 0 Å². The van der Waals surface area contributed by atoms with Gasteiger partial charge in [0.2, 0.25) is 0 Å². The van der Waals surface area contributed by atoms with Gasteiger partial charge in [-0.3, -0.25) is 18.6 Å². The zero-order chi connectivity index (χ0) is 63.4. The Bertz CT molecular complexity index is 1470. The average molecular weight is 1250 g/mol. The summed E-state index contributed by atoms with van der Waals surface area (Å²) in [5.74, 6) is -0.772. The first-order valence-corrected chi connectivity index (χ1v) is 40.4. The van der Waals surface area contributed by atoms with Crippen LogP contribution >= 0.6 is 7.82 Å². The molecule has 518 valence electrons. The number of phosphoric acid groups is 1. The summed E-state index contributed by atoms with van der Waals surface area (Å²) in [7, 11) is 1.50. The second-order valence-electron chi connectivity index (χ2n) is 28.1. The van der Waals surface area contributed by atoms with E-state index >= 15 is 0 Å². The van der Waals surface area contributed by atoms with Crippen LogP contribution in [0, 0.1) is 0 Å². The molecule has 0 spiro atoms. The van der Waals surface area contributed by atoms with Crippen molar-refractivity contribution in [3.8, 4) is 0 Å². The predicted molar refractivity (Wildman–Crippen MR) is 377 cm³/mol. The number of ether oxygens (including phenoxy) is 2. The fourth-order valence-corrected chi connectivity index (χ4v) is 12.8. The second kappa shape index (κ2) is 69.1. The predicted octanol–water partition coefficient (Wildman–Crippen LogP) is 25.5. The van der Waals surface area contributed by atoms with Crippen molar-refractivity contribution in [2.24, 2.45) is 0 Å². The largest absolute Gasteiger partial charge is 0.472 e. The molecule has 0 amide bonds. The molecule has 0 heterocycles. The topological polar surface area (TPSA) is 108 Å². The van der Waals surface area contributed by atoms with Gasteiger partial charge in [0.1, 0.15) is 19.8 Å². The fourth-order valence-electron chi connectivity index (χ4n) is 12.1. The Hall–Kier alpha value is -1.25. The third-order valence-corrected chi connectivity index (χ3v) is 19.0. The maximum absolute atomic E-state index is 12.9. The van der Waals surface area contributed by atoms with E-state index in [4.69, 9.17) is 18.5 Å². The molecule has 0 aromatic carbocycles. The number of carbonyl (C=O) groups excluding carboxylic acids is 2. The molecule has 0 radical (unpaired) electrons. The Morgan fingerprint density at radius 3 is 0.851 bits per heavy atom. The normalized spacial score (nSPS) is 13.0. The van der Waals surface area contributed by atoms with Crippen molar-refractivity contribution in [3.63, 3.8) is 0 Å². The molecule has 2 atom stereocenters. The van der Waals surface area contributed by atoms with Gasteiger partial charge in [-0.2, -0.15) is 0 Å². The lowest BCUT2D eigenvalue weighted by molar-refractivity contribution is -0.870. The summed E-state index contributed by atoms with van der Waals surface area (Å²) in [6, 6.07) is 0. The summed E-state index contributed by atoms with van der Waals surface area (Å²) in [6.45, 7) is 4.52. The van der Waals surface area contributed by atoms with Crippen LogP contribution in [0.25, 0.3) is 0 Å². The molecule has 0 saturated carbocycles. The van der Waals surface area contributed by atoms with Crippen LogP contribution in [-0.2, 0) is 32.7 Å².